The smallest absolute Gasteiger partial charge is 0.135 e. The summed E-state index contributed by atoms with van der Waals surface area (Å²) in [6, 6.07) is 0. The zero-order chi connectivity index (χ0) is 13.0. The van der Waals surface area contributed by atoms with E-state index in [9.17, 15) is 0 Å². The Kier molecular flexibility index (Phi) is 5.03. The molecule has 0 fully saturated rings. The van der Waals surface area contributed by atoms with Gasteiger partial charge in [0.2, 0.25) is 0 Å². The fraction of sp³-hybridized carbons (Fsp3) is 0.786. The van der Waals surface area contributed by atoms with E-state index in [1.807, 2.05) is 0 Å². The van der Waals surface area contributed by atoms with E-state index < -0.39 is 0 Å². The van der Waals surface area contributed by atoms with Gasteiger partial charge >= 0.3 is 0 Å². The molecule has 17 heavy (non-hydrogen) atoms. The molecule has 0 aliphatic carbocycles. The van der Waals surface area contributed by atoms with E-state index in [1.54, 1.807) is 0 Å². The highest BCUT2D eigenvalue weighted by Gasteiger charge is 2.11. The van der Waals surface area contributed by atoms with Crippen molar-refractivity contribution in [3.05, 3.63) is 17.5 Å². The lowest BCUT2D eigenvalue weighted by Gasteiger charge is -2.11. The summed E-state index contributed by atoms with van der Waals surface area (Å²) < 4.78 is 0. The molecule has 1 aromatic rings. The van der Waals surface area contributed by atoms with Crippen molar-refractivity contribution in [2.24, 2.45) is 11.8 Å². The van der Waals surface area contributed by atoms with Crippen LogP contribution in [0.2, 0.25) is 0 Å². The number of hydrogen-bond acceptors (Lipinski definition) is 3. The van der Waals surface area contributed by atoms with E-state index in [-0.39, 0.29) is 0 Å². The molecule has 1 heterocycles. The number of nitrogens with zero attached hydrogens (tertiary/aromatic N) is 3. The Morgan fingerprint density at radius 3 is 1.41 bits per heavy atom. The molecule has 0 aliphatic rings. The largest absolute Gasteiger partial charge is 0.218 e. The van der Waals surface area contributed by atoms with Crippen molar-refractivity contribution in [2.45, 2.75) is 60.3 Å². The summed E-state index contributed by atoms with van der Waals surface area (Å²) >= 11 is 0. The SMILES string of the molecule is CC(C)Cc1nc(CC(C)C)nc(C(C)C)n1. The summed E-state index contributed by atoms with van der Waals surface area (Å²) in [5.41, 5.74) is 0. The van der Waals surface area contributed by atoms with Gasteiger partial charge in [-0.2, -0.15) is 0 Å². The predicted molar refractivity (Wildman–Crippen MR) is 71.0 cm³/mol. The van der Waals surface area contributed by atoms with Crippen molar-refractivity contribution in [3.63, 3.8) is 0 Å². The Balaban J connectivity index is 3.00. The van der Waals surface area contributed by atoms with Crippen LogP contribution in [0.4, 0.5) is 0 Å². The maximum Gasteiger partial charge on any atom is 0.135 e. The Morgan fingerprint density at radius 1 is 0.706 bits per heavy atom. The van der Waals surface area contributed by atoms with E-state index in [2.05, 4.69) is 56.5 Å². The summed E-state index contributed by atoms with van der Waals surface area (Å²) in [4.78, 5) is 13.7. The van der Waals surface area contributed by atoms with Crippen LogP contribution in [0.15, 0.2) is 0 Å². The lowest BCUT2D eigenvalue weighted by Crippen LogP contribution is -2.12. The second kappa shape index (κ2) is 6.08. The fourth-order valence-electron chi connectivity index (χ4n) is 1.66. The van der Waals surface area contributed by atoms with Gasteiger partial charge in [-0.25, -0.2) is 15.0 Å². The minimum Gasteiger partial charge on any atom is -0.218 e. The summed E-state index contributed by atoms with van der Waals surface area (Å²) in [5, 5.41) is 0. The zero-order valence-electron chi connectivity index (χ0n) is 12.0. The summed E-state index contributed by atoms with van der Waals surface area (Å²) in [7, 11) is 0. The average molecular weight is 235 g/mol. The molecule has 0 spiro atoms. The predicted octanol–water partition coefficient (Wildman–Crippen LogP) is 3.39. The molecule has 3 nitrogen and oxygen atoms in total. The molecule has 0 bridgehead atoms. The maximum atomic E-state index is 4.57. The Bertz CT molecular complexity index is 328. The maximum absolute atomic E-state index is 4.57. The molecule has 3 heteroatoms. The Labute approximate surface area is 105 Å². The molecule has 1 aromatic heterocycles. The van der Waals surface area contributed by atoms with Gasteiger partial charge in [0.1, 0.15) is 17.5 Å². The molecular weight excluding hydrogens is 210 g/mol. The van der Waals surface area contributed by atoms with Gasteiger partial charge in [-0.15, -0.1) is 0 Å². The van der Waals surface area contributed by atoms with Gasteiger partial charge in [0.25, 0.3) is 0 Å². The molecule has 0 aromatic carbocycles. The quantitative estimate of drug-likeness (QED) is 0.785. The van der Waals surface area contributed by atoms with E-state index >= 15 is 0 Å². The van der Waals surface area contributed by atoms with Crippen LogP contribution < -0.4 is 0 Å². The third kappa shape index (κ3) is 4.80. The molecule has 0 N–H and O–H groups in total. The fourth-order valence-corrected chi connectivity index (χ4v) is 1.66. The van der Waals surface area contributed by atoms with Crippen molar-refractivity contribution in [1.29, 1.82) is 0 Å². The van der Waals surface area contributed by atoms with Crippen molar-refractivity contribution < 1.29 is 0 Å². The highest BCUT2D eigenvalue weighted by Crippen LogP contribution is 2.13. The normalized spacial score (nSPS) is 11.8. The van der Waals surface area contributed by atoms with E-state index in [4.69, 9.17) is 0 Å². The van der Waals surface area contributed by atoms with Gasteiger partial charge in [-0.1, -0.05) is 41.5 Å². The first-order valence-corrected chi connectivity index (χ1v) is 6.62. The van der Waals surface area contributed by atoms with Crippen LogP contribution in [0.5, 0.6) is 0 Å². The van der Waals surface area contributed by atoms with E-state index in [1.165, 1.54) is 0 Å². The lowest BCUT2D eigenvalue weighted by atomic mass is 10.1. The number of aromatic nitrogens is 3. The van der Waals surface area contributed by atoms with Crippen LogP contribution in [-0.2, 0) is 12.8 Å². The first-order valence-electron chi connectivity index (χ1n) is 6.62. The Morgan fingerprint density at radius 2 is 1.12 bits per heavy atom. The second-order valence-corrected chi connectivity index (χ2v) is 5.88. The zero-order valence-corrected chi connectivity index (χ0v) is 12.0. The molecule has 0 aliphatic heterocycles. The van der Waals surface area contributed by atoms with Crippen molar-refractivity contribution in [3.8, 4) is 0 Å². The van der Waals surface area contributed by atoms with E-state index in [0.717, 1.165) is 30.3 Å². The molecule has 96 valence electrons. The van der Waals surface area contributed by atoms with E-state index in [0.29, 0.717) is 17.8 Å². The Hall–Kier alpha value is -0.990. The molecule has 0 saturated carbocycles. The van der Waals surface area contributed by atoms with Crippen LogP contribution in [0.25, 0.3) is 0 Å². The summed E-state index contributed by atoms with van der Waals surface area (Å²) in [5.74, 6) is 4.39. The minimum absolute atomic E-state index is 0.370. The first kappa shape index (κ1) is 14.1. The van der Waals surface area contributed by atoms with Gasteiger partial charge in [0.15, 0.2) is 0 Å². The second-order valence-electron chi connectivity index (χ2n) is 5.88. The monoisotopic (exact) mass is 235 g/mol. The number of hydrogen-bond donors (Lipinski definition) is 0. The van der Waals surface area contributed by atoms with Gasteiger partial charge in [0, 0.05) is 18.8 Å². The van der Waals surface area contributed by atoms with Crippen molar-refractivity contribution in [2.75, 3.05) is 0 Å². The highest BCUT2D eigenvalue weighted by atomic mass is 15.0. The van der Waals surface area contributed by atoms with Crippen LogP contribution in [0.3, 0.4) is 0 Å². The minimum atomic E-state index is 0.370. The molecular formula is C14H25N3. The van der Waals surface area contributed by atoms with Crippen LogP contribution >= 0.6 is 0 Å². The average Bonchev–Trinajstić information content (AvgIpc) is 2.14. The van der Waals surface area contributed by atoms with Crippen molar-refractivity contribution >= 4 is 0 Å². The van der Waals surface area contributed by atoms with Gasteiger partial charge < -0.3 is 0 Å². The number of rotatable bonds is 5. The first-order chi connectivity index (χ1) is 7.88. The van der Waals surface area contributed by atoms with Crippen LogP contribution in [0, 0.1) is 11.8 Å². The van der Waals surface area contributed by atoms with Gasteiger partial charge in [-0.05, 0) is 11.8 Å². The molecule has 0 amide bonds. The lowest BCUT2D eigenvalue weighted by molar-refractivity contribution is 0.572. The molecule has 0 atom stereocenters. The van der Waals surface area contributed by atoms with Crippen molar-refractivity contribution in [1.82, 2.24) is 15.0 Å². The highest BCUT2D eigenvalue weighted by molar-refractivity contribution is 5.02. The summed E-state index contributed by atoms with van der Waals surface area (Å²) in [6.45, 7) is 13.0. The molecule has 0 saturated heterocycles. The molecule has 0 radical (unpaired) electrons. The van der Waals surface area contributed by atoms with Crippen LogP contribution in [-0.4, -0.2) is 15.0 Å². The third-order valence-corrected chi connectivity index (χ3v) is 2.44. The topological polar surface area (TPSA) is 38.7 Å². The third-order valence-electron chi connectivity index (χ3n) is 2.44. The molecule has 1 rings (SSSR count). The summed E-state index contributed by atoms with van der Waals surface area (Å²) in [6.07, 6.45) is 1.88. The molecule has 0 unspecified atom stereocenters. The van der Waals surface area contributed by atoms with Crippen LogP contribution in [0.1, 0.15) is 64.9 Å². The standard InChI is InChI=1S/C14H25N3/c1-9(2)7-12-15-13(8-10(3)4)17-14(16-12)11(5)6/h9-11H,7-8H2,1-6H3. The van der Waals surface area contributed by atoms with Gasteiger partial charge in [-0.3, -0.25) is 0 Å². The van der Waals surface area contributed by atoms with Gasteiger partial charge in [0.05, 0.1) is 0 Å².